The van der Waals surface area contributed by atoms with E-state index < -0.39 is 17.8 Å². The van der Waals surface area contributed by atoms with Crippen LogP contribution in [-0.4, -0.2) is 38.0 Å². The lowest BCUT2D eigenvalue weighted by Gasteiger charge is -2.06. The molecule has 7 nitrogen and oxygen atoms in total. The van der Waals surface area contributed by atoms with E-state index in [1.54, 1.807) is 0 Å². The van der Waals surface area contributed by atoms with Crippen LogP contribution in [0.25, 0.3) is 0 Å². The molecule has 8 heteroatoms. The summed E-state index contributed by atoms with van der Waals surface area (Å²) in [5.74, 6) is -2.00. The zero-order valence-corrected chi connectivity index (χ0v) is 12.6. The number of ether oxygens (including phenoxy) is 1. The second-order valence-electron chi connectivity index (χ2n) is 4.62. The molecule has 1 aromatic rings. The van der Waals surface area contributed by atoms with Gasteiger partial charge in [0, 0.05) is 4.88 Å². The molecule has 0 bridgehead atoms. The first-order valence-electron chi connectivity index (χ1n) is 6.69. The molecule has 0 saturated carbocycles. The molecule has 1 aliphatic rings. The molecule has 0 unspecified atom stereocenters. The first kappa shape index (κ1) is 15.5. The van der Waals surface area contributed by atoms with Crippen molar-refractivity contribution in [2.45, 2.75) is 19.3 Å². The van der Waals surface area contributed by atoms with Crippen molar-refractivity contribution in [1.29, 1.82) is 0 Å². The van der Waals surface area contributed by atoms with Crippen LogP contribution in [0.15, 0.2) is 0 Å². The Labute approximate surface area is 125 Å². The number of thiophene rings is 1. The van der Waals surface area contributed by atoms with Crippen LogP contribution in [0.4, 0.5) is 5.00 Å². The third-order valence-electron chi connectivity index (χ3n) is 3.21. The van der Waals surface area contributed by atoms with Crippen LogP contribution in [0.3, 0.4) is 0 Å². The summed E-state index contributed by atoms with van der Waals surface area (Å²) in [6.45, 7) is 0.830. The van der Waals surface area contributed by atoms with E-state index >= 15 is 0 Å². The maximum absolute atomic E-state index is 11.9. The van der Waals surface area contributed by atoms with E-state index in [1.807, 2.05) is 0 Å². The van der Waals surface area contributed by atoms with Crippen LogP contribution in [0, 0.1) is 0 Å². The molecule has 1 heterocycles. The SMILES string of the molecule is COC(=O)c1c(NC(=O)C(=O)NCC[NH3+])sc2c1CCC2. The fraction of sp³-hybridized carbons (Fsp3) is 0.462. The summed E-state index contributed by atoms with van der Waals surface area (Å²) in [4.78, 5) is 36.4. The molecule has 0 radical (unpaired) electrons. The fourth-order valence-electron chi connectivity index (χ4n) is 2.25. The molecule has 0 atom stereocenters. The van der Waals surface area contributed by atoms with Gasteiger partial charge in [0.1, 0.15) is 5.00 Å². The lowest BCUT2D eigenvalue weighted by Crippen LogP contribution is -2.55. The zero-order valence-electron chi connectivity index (χ0n) is 11.8. The average Bonchev–Trinajstić information content (AvgIpc) is 3.04. The van der Waals surface area contributed by atoms with Gasteiger partial charge in [-0.15, -0.1) is 11.3 Å². The van der Waals surface area contributed by atoms with E-state index in [2.05, 4.69) is 16.4 Å². The summed E-state index contributed by atoms with van der Waals surface area (Å²) in [7, 11) is 1.30. The molecule has 0 fully saturated rings. The number of anilines is 1. The summed E-state index contributed by atoms with van der Waals surface area (Å²) in [5, 5.41) is 5.34. The Morgan fingerprint density at radius 3 is 2.71 bits per heavy atom. The van der Waals surface area contributed by atoms with Gasteiger partial charge in [0.15, 0.2) is 0 Å². The molecule has 1 aliphatic carbocycles. The first-order chi connectivity index (χ1) is 10.1. The molecule has 0 aliphatic heterocycles. The van der Waals surface area contributed by atoms with Crippen LogP contribution in [0.1, 0.15) is 27.2 Å². The number of hydrogen-bond donors (Lipinski definition) is 3. The number of carbonyl (C=O) groups is 3. The smallest absolute Gasteiger partial charge is 0.341 e. The Kier molecular flexibility index (Phi) is 4.92. The second kappa shape index (κ2) is 6.68. The molecule has 2 rings (SSSR count). The van der Waals surface area contributed by atoms with Crippen molar-refractivity contribution in [3.63, 3.8) is 0 Å². The Balaban J connectivity index is 2.18. The van der Waals surface area contributed by atoms with E-state index in [9.17, 15) is 14.4 Å². The number of fused-ring (bicyclic) bond motifs is 1. The number of methoxy groups -OCH3 is 1. The number of aryl methyl sites for hydroxylation is 1. The summed E-state index contributed by atoms with van der Waals surface area (Å²) in [6, 6.07) is 0. The van der Waals surface area contributed by atoms with Crippen molar-refractivity contribution in [2.75, 3.05) is 25.5 Å². The number of nitrogens with one attached hydrogen (secondary N) is 2. The number of quaternary nitrogens is 1. The third kappa shape index (κ3) is 3.22. The monoisotopic (exact) mass is 312 g/mol. The molecule has 0 saturated heterocycles. The average molecular weight is 312 g/mol. The molecular formula is C13H18N3O4S+. The minimum Gasteiger partial charge on any atom is -0.465 e. The highest BCUT2D eigenvalue weighted by molar-refractivity contribution is 7.17. The minimum absolute atomic E-state index is 0.330. The molecule has 1 aromatic heterocycles. The maximum Gasteiger partial charge on any atom is 0.341 e. The number of amides is 2. The van der Waals surface area contributed by atoms with Crippen molar-refractivity contribution in [2.24, 2.45) is 0 Å². The van der Waals surface area contributed by atoms with Crippen molar-refractivity contribution in [1.82, 2.24) is 5.32 Å². The van der Waals surface area contributed by atoms with Crippen LogP contribution in [0.5, 0.6) is 0 Å². The Hall–Kier alpha value is -1.93. The van der Waals surface area contributed by atoms with Crippen molar-refractivity contribution in [3.05, 3.63) is 16.0 Å². The largest absolute Gasteiger partial charge is 0.465 e. The fourth-order valence-corrected chi connectivity index (χ4v) is 3.52. The highest BCUT2D eigenvalue weighted by atomic mass is 32.1. The minimum atomic E-state index is -0.784. The number of esters is 1. The summed E-state index contributed by atoms with van der Waals surface area (Å²) in [5.41, 5.74) is 4.89. The van der Waals surface area contributed by atoms with Gasteiger partial charge in [-0.05, 0) is 24.8 Å². The lowest BCUT2D eigenvalue weighted by molar-refractivity contribution is -0.364. The third-order valence-corrected chi connectivity index (χ3v) is 4.41. The number of hydrogen-bond acceptors (Lipinski definition) is 5. The van der Waals surface area contributed by atoms with Gasteiger partial charge in [-0.25, -0.2) is 4.79 Å². The van der Waals surface area contributed by atoms with Gasteiger partial charge < -0.3 is 21.1 Å². The van der Waals surface area contributed by atoms with Crippen LogP contribution in [-0.2, 0) is 27.2 Å². The van der Waals surface area contributed by atoms with Gasteiger partial charge in [-0.2, -0.15) is 0 Å². The van der Waals surface area contributed by atoms with Gasteiger partial charge in [0.25, 0.3) is 0 Å². The lowest BCUT2D eigenvalue weighted by atomic mass is 10.1. The zero-order chi connectivity index (χ0) is 15.4. The first-order valence-corrected chi connectivity index (χ1v) is 7.51. The predicted octanol–water partition coefficient (Wildman–Crippen LogP) is -0.680. The van der Waals surface area contributed by atoms with Crippen LogP contribution < -0.4 is 16.4 Å². The number of rotatable bonds is 4. The van der Waals surface area contributed by atoms with Crippen LogP contribution >= 0.6 is 11.3 Å². The molecule has 2 amide bonds. The highest BCUT2D eigenvalue weighted by Crippen LogP contribution is 2.39. The van der Waals surface area contributed by atoms with E-state index in [0.717, 1.165) is 29.7 Å². The summed E-state index contributed by atoms with van der Waals surface area (Å²) in [6.07, 6.45) is 2.66. The van der Waals surface area contributed by atoms with Gasteiger partial charge >= 0.3 is 17.8 Å². The molecule has 114 valence electrons. The molecule has 21 heavy (non-hydrogen) atoms. The number of carbonyl (C=O) groups excluding carboxylic acids is 3. The summed E-state index contributed by atoms with van der Waals surface area (Å²) >= 11 is 1.34. The highest BCUT2D eigenvalue weighted by Gasteiger charge is 2.28. The quantitative estimate of drug-likeness (QED) is 0.505. The van der Waals surface area contributed by atoms with Gasteiger partial charge in [-0.1, -0.05) is 0 Å². The van der Waals surface area contributed by atoms with E-state index in [0.29, 0.717) is 23.7 Å². The molecule has 5 N–H and O–H groups in total. The van der Waals surface area contributed by atoms with E-state index in [1.165, 1.54) is 18.4 Å². The van der Waals surface area contributed by atoms with Gasteiger partial charge in [0.2, 0.25) is 0 Å². The topological polar surface area (TPSA) is 112 Å². The molecule has 0 aromatic carbocycles. The van der Waals surface area contributed by atoms with Gasteiger partial charge in [0.05, 0.1) is 25.8 Å². The summed E-state index contributed by atoms with van der Waals surface area (Å²) < 4.78 is 4.78. The Morgan fingerprint density at radius 1 is 1.29 bits per heavy atom. The maximum atomic E-state index is 11.9. The Morgan fingerprint density at radius 2 is 2.05 bits per heavy atom. The standard InChI is InChI=1S/C13H17N3O4S/c1-20-13(19)9-7-3-2-4-8(7)21-12(9)16-11(18)10(17)15-6-5-14/h2-6,14H2,1H3,(H,15,17)(H,16,18)/p+1. The van der Waals surface area contributed by atoms with Gasteiger partial charge in [-0.3, -0.25) is 9.59 Å². The van der Waals surface area contributed by atoms with Crippen LogP contribution in [0.2, 0.25) is 0 Å². The molecular weight excluding hydrogens is 294 g/mol. The predicted molar refractivity (Wildman–Crippen MR) is 77.1 cm³/mol. The van der Waals surface area contributed by atoms with E-state index in [-0.39, 0.29) is 0 Å². The Bertz CT molecular complexity index is 582. The van der Waals surface area contributed by atoms with Crippen molar-refractivity contribution < 1.29 is 24.9 Å². The van der Waals surface area contributed by atoms with Crippen molar-refractivity contribution in [3.8, 4) is 0 Å². The normalized spacial score (nSPS) is 12.7. The van der Waals surface area contributed by atoms with Crippen molar-refractivity contribution >= 4 is 34.1 Å². The van der Waals surface area contributed by atoms with E-state index in [4.69, 9.17) is 4.74 Å². The molecule has 0 spiro atoms. The second-order valence-corrected chi connectivity index (χ2v) is 5.72.